The van der Waals surface area contributed by atoms with Gasteiger partial charge in [-0.15, -0.1) is 0 Å². The number of aromatic nitrogens is 2. The molecule has 0 amide bonds. The van der Waals surface area contributed by atoms with E-state index in [-0.39, 0.29) is 5.75 Å². The van der Waals surface area contributed by atoms with Crippen molar-refractivity contribution in [3.63, 3.8) is 0 Å². The minimum absolute atomic E-state index is 0.125. The fraction of sp³-hybridized carbons (Fsp3) is 0.769. The minimum Gasteiger partial charge on any atom is -0.313 e. The molecule has 5 nitrogen and oxygen atoms in total. The number of nitrogens with one attached hydrogen (secondary N) is 1. The average Bonchev–Trinajstić information content (AvgIpc) is 2.73. The number of sulfone groups is 1. The lowest BCUT2D eigenvalue weighted by Crippen LogP contribution is -2.32. The molecule has 0 fully saturated rings. The van der Waals surface area contributed by atoms with Crippen LogP contribution in [0.2, 0.25) is 0 Å². The summed E-state index contributed by atoms with van der Waals surface area (Å²) in [7, 11) is -3.08. The maximum atomic E-state index is 12.0. The first-order valence-corrected chi connectivity index (χ1v) is 8.36. The Kier molecular flexibility index (Phi) is 5.55. The molecule has 1 heterocycles. The van der Waals surface area contributed by atoms with Crippen LogP contribution in [0.3, 0.4) is 0 Å². The van der Waals surface area contributed by atoms with Gasteiger partial charge >= 0.3 is 0 Å². The van der Waals surface area contributed by atoms with Gasteiger partial charge in [0, 0.05) is 18.3 Å². The highest BCUT2D eigenvalue weighted by atomic mass is 32.2. The molecular formula is C13H25N3O2S. The third-order valence-corrected chi connectivity index (χ3v) is 5.55. The standard InChI is InChI=1S/C13H25N3O2S/c1-5-6-14-9-12-10-15-16(11-12)7-8-19(17,18)13(2,3)4/h10-11,14H,5-9H2,1-4H3. The molecule has 19 heavy (non-hydrogen) atoms. The molecule has 0 saturated carbocycles. The van der Waals surface area contributed by atoms with Gasteiger partial charge in [0.2, 0.25) is 0 Å². The van der Waals surface area contributed by atoms with E-state index in [1.807, 2.05) is 6.20 Å². The Morgan fingerprint density at radius 2 is 2.05 bits per heavy atom. The largest absolute Gasteiger partial charge is 0.313 e. The molecule has 0 atom stereocenters. The Balaban J connectivity index is 2.51. The lowest BCUT2D eigenvalue weighted by Gasteiger charge is -2.18. The van der Waals surface area contributed by atoms with Crippen molar-refractivity contribution in [3.05, 3.63) is 18.0 Å². The Morgan fingerprint density at radius 3 is 2.63 bits per heavy atom. The second kappa shape index (κ2) is 6.52. The molecule has 1 N–H and O–H groups in total. The highest BCUT2D eigenvalue weighted by molar-refractivity contribution is 7.92. The number of hydrogen-bond donors (Lipinski definition) is 1. The summed E-state index contributed by atoms with van der Waals surface area (Å²) in [4.78, 5) is 0. The molecule has 0 aliphatic carbocycles. The van der Waals surface area contributed by atoms with Crippen LogP contribution in [-0.2, 0) is 22.9 Å². The molecular weight excluding hydrogens is 262 g/mol. The first kappa shape index (κ1) is 16.2. The summed E-state index contributed by atoms with van der Waals surface area (Å²) in [5.41, 5.74) is 1.08. The summed E-state index contributed by atoms with van der Waals surface area (Å²) in [5.74, 6) is 0.125. The number of rotatable bonds is 7. The van der Waals surface area contributed by atoms with Gasteiger partial charge in [-0.3, -0.25) is 4.68 Å². The Bertz CT molecular complexity index is 486. The molecule has 110 valence electrons. The third-order valence-electron chi connectivity index (χ3n) is 2.96. The SMILES string of the molecule is CCCNCc1cnn(CCS(=O)(=O)C(C)(C)C)c1. The van der Waals surface area contributed by atoms with Crippen molar-refractivity contribution in [3.8, 4) is 0 Å². The van der Waals surface area contributed by atoms with Gasteiger partial charge in [-0.25, -0.2) is 8.42 Å². The topological polar surface area (TPSA) is 64.0 Å². The van der Waals surface area contributed by atoms with Crippen LogP contribution in [0.15, 0.2) is 12.4 Å². The summed E-state index contributed by atoms with van der Waals surface area (Å²) in [6, 6.07) is 0. The number of aryl methyl sites for hydroxylation is 1. The van der Waals surface area contributed by atoms with Crippen molar-refractivity contribution in [1.29, 1.82) is 0 Å². The van der Waals surface area contributed by atoms with Gasteiger partial charge in [0.05, 0.1) is 23.2 Å². The molecule has 1 aromatic rings. The summed E-state index contributed by atoms with van der Waals surface area (Å²) in [5, 5.41) is 7.48. The third kappa shape index (κ3) is 4.95. The van der Waals surface area contributed by atoms with Crippen molar-refractivity contribution in [2.24, 2.45) is 0 Å². The predicted octanol–water partition coefficient (Wildman–Crippen LogP) is 1.60. The van der Waals surface area contributed by atoms with Crippen LogP contribution in [0.5, 0.6) is 0 Å². The zero-order valence-electron chi connectivity index (χ0n) is 12.3. The molecule has 0 radical (unpaired) electrons. The Labute approximate surface area is 116 Å². The van der Waals surface area contributed by atoms with E-state index < -0.39 is 14.6 Å². The first-order chi connectivity index (χ1) is 8.76. The second-order valence-corrected chi connectivity index (χ2v) is 8.58. The van der Waals surface area contributed by atoms with Crippen molar-refractivity contribution < 1.29 is 8.42 Å². The second-order valence-electron chi connectivity index (χ2n) is 5.72. The van der Waals surface area contributed by atoms with Gasteiger partial charge in [-0.1, -0.05) is 6.92 Å². The van der Waals surface area contributed by atoms with Gasteiger partial charge in [0.1, 0.15) is 0 Å². The van der Waals surface area contributed by atoms with Crippen LogP contribution in [0.1, 0.15) is 39.7 Å². The molecule has 0 aliphatic rings. The van der Waals surface area contributed by atoms with E-state index in [0.29, 0.717) is 6.54 Å². The number of nitrogens with zero attached hydrogens (tertiary/aromatic N) is 2. The smallest absolute Gasteiger partial charge is 0.157 e. The van der Waals surface area contributed by atoms with Crippen LogP contribution in [0.4, 0.5) is 0 Å². The van der Waals surface area contributed by atoms with Gasteiger partial charge in [-0.2, -0.15) is 5.10 Å². The maximum Gasteiger partial charge on any atom is 0.157 e. The summed E-state index contributed by atoms with van der Waals surface area (Å²) in [6.07, 6.45) is 4.78. The van der Waals surface area contributed by atoms with Gasteiger partial charge in [0.25, 0.3) is 0 Å². The summed E-state index contributed by atoms with van der Waals surface area (Å²) < 4.78 is 25.0. The van der Waals surface area contributed by atoms with E-state index in [9.17, 15) is 8.42 Å². The molecule has 0 bridgehead atoms. The van der Waals surface area contributed by atoms with Gasteiger partial charge in [-0.05, 0) is 33.7 Å². The molecule has 1 rings (SSSR count). The Hall–Kier alpha value is -0.880. The summed E-state index contributed by atoms with van der Waals surface area (Å²) >= 11 is 0. The Morgan fingerprint density at radius 1 is 1.37 bits per heavy atom. The van der Waals surface area contributed by atoms with E-state index in [1.54, 1.807) is 31.6 Å². The van der Waals surface area contributed by atoms with Gasteiger partial charge < -0.3 is 5.32 Å². The fourth-order valence-electron chi connectivity index (χ4n) is 1.55. The highest BCUT2D eigenvalue weighted by Gasteiger charge is 2.28. The van der Waals surface area contributed by atoms with E-state index >= 15 is 0 Å². The van der Waals surface area contributed by atoms with Gasteiger partial charge in [0.15, 0.2) is 9.84 Å². The lowest BCUT2D eigenvalue weighted by molar-refractivity contribution is 0.548. The quantitative estimate of drug-likeness (QED) is 0.774. The minimum atomic E-state index is -3.08. The van der Waals surface area contributed by atoms with Crippen LogP contribution in [0, 0.1) is 0 Å². The van der Waals surface area contributed by atoms with Crippen LogP contribution in [-0.4, -0.2) is 35.2 Å². The molecule has 0 aromatic carbocycles. The van der Waals surface area contributed by atoms with Crippen molar-refractivity contribution >= 4 is 9.84 Å². The lowest BCUT2D eigenvalue weighted by atomic mass is 10.3. The van der Waals surface area contributed by atoms with Crippen LogP contribution >= 0.6 is 0 Å². The summed E-state index contributed by atoms with van der Waals surface area (Å²) in [6.45, 7) is 9.47. The first-order valence-electron chi connectivity index (χ1n) is 6.70. The molecule has 6 heteroatoms. The normalized spacial score (nSPS) is 12.8. The number of hydrogen-bond acceptors (Lipinski definition) is 4. The zero-order chi connectivity index (χ0) is 14.5. The maximum absolute atomic E-state index is 12.0. The molecule has 0 saturated heterocycles. The van der Waals surface area contributed by atoms with Crippen molar-refractivity contribution in [2.45, 2.75) is 52.0 Å². The highest BCUT2D eigenvalue weighted by Crippen LogP contribution is 2.16. The van der Waals surface area contributed by atoms with Crippen molar-refractivity contribution in [1.82, 2.24) is 15.1 Å². The predicted molar refractivity (Wildman–Crippen MR) is 77.8 cm³/mol. The molecule has 0 aliphatic heterocycles. The average molecular weight is 287 g/mol. The van der Waals surface area contributed by atoms with Crippen molar-refractivity contribution in [2.75, 3.05) is 12.3 Å². The zero-order valence-corrected chi connectivity index (χ0v) is 13.1. The van der Waals surface area contributed by atoms with Crippen LogP contribution < -0.4 is 5.32 Å². The fourth-order valence-corrected chi connectivity index (χ4v) is 2.59. The van der Waals surface area contributed by atoms with E-state index in [0.717, 1.165) is 25.1 Å². The molecule has 0 spiro atoms. The van der Waals surface area contributed by atoms with E-state index in [2.05, 4.69) is 17.3 Å². The molecule has 0 unspecified atom stereocenters. The van der Waals surface area contributed by atoms with E-state index in [1.165, 1.54) is 0 Å². The molecule has 1 aromatic heterocycles. The van der Waals surface area contributed by atoms with E-state index in [4.69, 9.17) is 0 Å². The monoisotopic (exact) mass is 287 g/mol. The van der Waals surface area contributed by atoms with Crippen LogP contribution in [0.25, 0.3) is 0 Å².